The summed E-state index contributed by atoms with van der Waals surface area (Å²) in [5.41, 5.74) is 1.24. The number of ether oxygens (including phenoxy) is 1. The number of hydrogen-bond acceptors (Lipinski definition) is 7. The van der Waals surface area contributed by atoms with Crippen LogP contribution in [-0.4, -0.2) is 31.3 Å². The van der Waals surface area contributed by atoms with Crippen LogP contribution in [0.3, 0.4) is 0 Å². The van der Waals surface area contributed by atoms with E-state index in [2.05, 4.69) is 22.4 Å². The van der Waals surface area contributed by atoms with Gasteiger partial charge in [0.25, 0.3) is 5.69 Å². The molecule has 0 saturated heterocycles. The Kier molecular flexibility index (Phi) is 7.24. The highest BCUT2D eigenvalue weighted by Gasteiger charge is 2.19. The summed E-state index contributed by atoms with van der Waals surface area (Å²) in [6.07, 6.45) is 0.630. The number of aryl methyl sites for hydroxylation is 1. The van der Waals surface area contributed by atoms with Crippen LogP contribution in [-0.2, 0) is 18.3 Å². The van der Waals surface area contributed by atoms with Crippen molar-refractivity contribution in [3.05, 3.63) is 70.0 Å². The van der Waals surface area contributed by atoms with Crippen LogP contribution in [0.5, 0.6) is 5.75 Å². The Morgan fingerprint density at radius 2 is 1.94 bits per heavy atom. The third-order valence-corrected chi connectivity index (χ3v) is 5.60. The number of nitro benzene ring substituents is 1. The van der Waals surface area contributed by atoms with Crippen molar-refractivity contribution >= 4 is 29.0 Å². The fourth-order valence-corrected chi connectivity index (χ4v) is 3.64. The second-order valence-corrected chi connectivity index (χ2v) is 7.71. The van der Waals surface area contributed by atoms with Gasteiger partial charge in [0.2, 0.25) is 5.91 Å². The van der Waals surface area contributed by atoms with Gasteiger partial charge in [-0.25, -0.2) is 0 Å². The number of amides is 1. The van der Waals surface area contributed by atoms with E-state index in [9.17, 15) is 14.9 Å². The lowest BCUT2D eigenvalue weighted by Gasteiger charge is -2.14. The average molecular weight is 442 g/mol. The van der Waals surface area contributed by atoms with Gasteiger partial charge in [-0.1, -0.05) is 43.0 Å². The van der Waals surface area contributed by atoms with Crippen LogP contribution in [0.2, 0.25) is 0 Å². The highest BCUT2D eigenvalue weighted by Crippen LogP contribution is 2.26. The van der Waals surface area contributed by atoms with Gasteiger partial charge in [-0.05, 0) is 37.1 Å². The summed E-state index contributed by atoms with van der Waals surface area (Å²) in [5.74, 6) is 1.03. The molecule has 1 N–H and O–H groups in total. The van der Waals surface area contributed by atoms with Crippen LogP contribution in [0.25, 0.3) is 0 Å². The second-order valence-electron chi connectivity index (χ2n) is 6.77. The van der Waals surface area contributed by atoms with E-state index >= 15 is 0 Å². The first-order valence-corrected chi connectivity index (χ1v) is 10.7. The normalized spacial score (nSPS) is 11.7. The average Bonchev–Trinajstić information content (AvgIpc) is 3.13. The van der Waals surface area contributed by atoms with E-state index in [0.29, 0.717) is 11.0 Å². The molecule has 1 amide bonds. The van der Waals surface area contributed by atoms with E-state index in [4.69, 9.17) is 4.74 Å². The Morgan fingerprint density at radius 1 is 1.23 bits per heavy atom. The number of carbonyl (C=O) groups is 1. The first kappa shape index (κ1) is 22.3. The second kappa shape index (κ2) is 10.1. The Bertz CT molecular complexity index is 1070. The standard InChI is InChI=1S/C21H23N5O4S/c1-4-15-9-11-16(12-10-15)30-14(2)20-23-24-21(25(20)3)31-13-19(27)22-17-7-5-6-8-18(17)26(28)29/h5-12,14H,4,13H2,1-3H3,(H,22,27)/t14-/m0/s1. The molecule has 162 valence electrons. The number of benzene rings is 2. The zero-order valence-corrected chi connectivity index (χ0v) is 18.3. The van der Waals surface area contributed by atoms with Gasteiger partial charge in [0, 0.05) is 13.1 Å². The van der Waals surface area contributed by atoms with Crippen LogP contribution in [0.4, 0.5) is 11.4 Å². The van der Waals surface area contributed by atoms with E-state index in [1.54, 1.807) is 23.7 Å². The van der Waals surface area contributed by atoms with Crippen molar-refractivity contribution in [2.45, 2.75) is 31.5 Å². The van der Waals surface area contributed by atoms with E-state index in [1.807, 2.05) is 31.2 Å². The fraction of sp³-hybridized carbons (Fsp3) is 0.286. The number of thioether (sulfide) groups is 1. The third kappa shape index (κ3) is 5.60. The molecule has 2 aromatic carbocycles. The third-order valence-electron chi connectivity index (χ3n) is 4.58. The van der Waals surface area contributed by atoms with E-state index in [0.717, 1.165) is 12.2 Å². The summed E-state index contributed by atoms with van der Waals surface area (Å²) in [6.45, 7) is 3.98. The van der Waals surface area contributed by atoms with Gasteiger partial charge in [-0.3, -0.25) is 14.9 Å². The molecule has 0 aliphatic carbocycles. The molecule has 0 unspecified atom stereocenters. The van der Waals surface area contributed by atoms with Gasteiger partial charge < -0.3 is 14.6 Å². The minimum absolute atomic E-state index is 0.0335. The van der Waals surface area contributed by atoms with E-state index < -0.39 is 4.92 Å². The zero-order chi connectivity index (χ0) is 22.4. The van der Waals surface area contributed by atoms with Gasteiger partial charge in [0.15, 0.2) is 17.1 Å². The monoisotopic (exact) mass is 441 g/mol. The van der Waals surface area contributed by atoms with Gasteiger partial charge >= 0.3 is 0 Å². The number of hydrogen-bond donors (Lipinski definition) is 1. The molecule has 9 nitrogen and oxygen atoms in total. The summed E-state index contributed by atoms with van der Waals surface area (Å²) < 4.78 is 7.73. The van der Waals surface area contributed by atoms with Gasteiger partial charge in [-0.15, -0.1) is 10.2 Å². The first-order chi connectivity index (χ1) is 14.9. The maximum absolute atomic E-state index is 12.3. The molecule has 0 aliphatic rings. The number of rotatable bonds is 9. The molecule has 3 rings (SSSR count). The number of anilines is 1. The molecule has 1 atom stereocenters. The van der Waals surface area contributed by atoms with Gasteiger partial charge in [0.1, 0.15) is 11.4 Å². The number of aromatic nitrogens is 3. The lowest BCUT2D eigenvalue weighted by Crippen LogP contribution is -2.15. The summed E-state index contributed by atoms with van der Waals surface area (Å²) in [4.78, 5) is 22.8. The Labute approximate surface area is 184 Å². The highest BCUT2D eigenvalue weighted by atomic mass is 32.2. The summed E-state index contributed by atoms with van der Waals surface area (Å²) >= 11 is 1.19. The highest BCUT2D eigenvalue weighted by molar-refractivity contribution is 7.99. The molecule has 1 heterocycles. The molecule has 3 aromatic rings. The molecule has 31 heavy (non-hydrogen) atoms. The molecular formula is C21H23N5O4S. The van der Waals surface area contributed by atoms with Crippen molar-refractivity contribution in [1.29, 1.82) is 0 Å². The Balaban J connectivity index is 1.59. The van der Waals surface area contributed by atoms with Crippen molar-refractivity contribution in [3.8, 4) is 5.75 Å². The van der Waals surface area contributed by atoms with Gasteiger partial charge in [0.05, 0.1) is 10.7 Å². The fourth-order valence-electron chi connectivity index (χ4n) is 2.92. The number of nitrogens with one attached hydrogen (secondary N) is 1. The van der Waals surface area contributed by atoms with Crippen molar-refractivity contribution < 1.29 is 14.5 Å². The maximum Gasteiger partial charge on any atom is 0.292 e. The summed E-state index contributed by atoms with van der Waals surface area (Å²) in [7, 11) is 1.80. The lowest BCUT2D eigenvalue weighted by molar-refractivity contribution is -0.383. The summed E-state index contributed by atoms with van der Waals surface area (Å²) in [5, 5.41) is 22.5. The minimum Gasteiger partial charge on any atom is -0.483 e. The molecule has 0 saturated carbocycles. The van der Waals surface area contributed by atoms with Crippen LogP contribution in [0.1, 0.15) is 31.3 Å². The quantitative estimate of drug-likeness (QED) is 0.301. The number of para-hydroxylation sites is 2. The van der Waals surface area contributed by atoms with E-state index in [1.165, 1.54) is 29.5 Å². The molecule has 1 aromatic heterocycles. The molecule has 10 heteroatoms. The molecular weight excluding hydrogens is 418 g/mol. The largest absolute Gasteiger partial charge is 0.483 e. The van der Waals surface area contributed by atoms with Crippen LogP contribution in [0.15, 0.2) is 53.7 Å². The first-order valence-electron chi connectivity index (χ1n) is 9.70. The molecule has 0 bridgehead atoms. The summed E-state index contributed by atoms with van der Waals surface area (Å²) in [6, 6.07) is 13.9. The molecule has 0 radical (unpaired) electrons. The van der Waals surface area contributed by atoms with E-state index in [-0.39, 0.29) is 29.1 Å². The molecule has 0 aliphatic heterocycles. The topological polar surface area (TPSA) is 112 Å². The Hall–Kier alpha value is -3.40. The maximum atomic E-state index is 12.3. The number of carbonyl (C=O) groups excluding carboxylic acids is 1. The van der Waals surface area contributed by atoms with Crippen LogP contribution < -0.4 is 10.1 Å². The predicted octanol–water partition coefficient (Wildman–Crippen LogP) is 4.16. The number of nitrogens with zero attached hydrogens (tertiary/aromatic N) is 4. The molecule has 0 fully saturated rings. The van der Waals surface area contributed by atoms with Crippen molar-refractivity contribution in [1.82, 2.24) is 14.8 Å². The van der Waals surface area contributed by atoms with Crippen molar-refractivity contribution in [2.75, 3.05) is 11.1 Å². The Morgan fingerprint density at radius 3 is 2.61 bits per heavy atom. The number of nitro groups is 1. The lowest BCUT2D eigenvalue weighted by atomic mass is 10.2. The minimum atomic E-state index is -0.533. The predicted molar refractivity (Wildman–Crippen MR) is 118 cm³/mol. The van der Waals surface area contributed by atoms with Crippen LogP contribution >= 0.6 is 11.8 Å². The smallest absolute Gasteiger partial charge is 0.292 e. The zero-order valence-electron chi connectivity index (χ0n) is 17.4. The van der Waals surface area contributed by atoms with Gasteiger partial charge in [-0.2, -0.15) is 0 Å². The van der Waals surface area contributed by atoms with Crippen molar-refractivity contribution in [2.24, 2.45) is 7.05 Å². The molecule has 0 spiro atoms. The van der Waals surface area contributed by atoms with Crippen LogP contribution in [0, 0.1) is 10.1 Å². The van der Waals surface area contributed by atoms with Crippen molar-refractivity contribution in [3.63, 3.8) is 0 Å². The SMILES string of the molecule is CCc1ccc(O[C@@H](C)c2nnc(SCC(=O)Nc3ccccc3[N+](=O)[O-])n2C)cc1.